The van der Waals surface area contributed by atoms with Gasteiger partial charge < -0.3 is 13.9 Å². The molecule has 1 saturated heterocycles. The molecule has 2 aliphatic rings. The first kappa shape index (κ1) is 18.7. The Morgan fingerprint density at radius 1 is 1.07 bits per heavy atom. The zero-order valence-electron chi connectivity index (χ0n) is 16.9. The van der Waals surface area contributed by atoms with E-state index in [4.69, 9.17) is 14.3 Å². The largest absolute Gasteiger partial charge is 0.494 e. The van der Waals surface area contributed by atoms with Crippen molar-refractivity contribution >= 4 is 12.6 Å². The molecule has 27 heavy (non-hydrogen) atoms. The summed E-state index contributed by atoms with van der Waals surface area (Å²) >= 11 is 0. The van der Waals surface area contributed by atoms with Gasteiger partial charge in [0.15, 0.2) is 0 Å². The number of imidazole rings is 1. The second kappa shape index (κ2) is 6.45. The van der Waals surface area contributed by atoms with Crippen molar-refractivity contribution in [1.29, 1.82) is 0 Å². The molecule has 1 aliphatic carbocycles. The van der Waals surface area contributed by atoms with Crippen LogP contribution >= 0.6 is 0 Å². The fourth-order valence-corrected chi connectivity index (χ4v) is 4.01. The van der Waals surface area contributed by atoms with E-state index in [0.717, 1.165) is 29.7 Å². The van der Waals surface area contributed by atoms with Crippen LogP contribution in [0.2, 0.25) is 0 Å². The van der Waals surface area contributed by atoms with Crippen molar-refractivity contribution in [3.05, 3.63) is 46.8 Å². The molecule has 1 aliphatic heterocycles. The summed E-state index contributed by atoms with van der Waals surface area (Å²) in [5, 5.41) is 0. The van der Waals surface area contributed by atoms with E-state index in [9.17, 15) is 4.39 Å². The van der Waals surface area contributed by atoms with E-state index >= 15 is 0 Å². The van der Waals surface area contributed by atoms with Gasteiger partial charge in [-0.05, 0) is 83.5 Å². The van der Waals surface area contributed by atoms with E-state index in [0.29, 0.717) is 6.54 Å². The van der Waals surface area contributed by atoms with Crippen molar-refractivity contribution in [1.82, 2.24) is 9.55 Å². The van der Waals surface area contributed by atoms with Crippen molar-refractivity contribution in [3.8, 4) is 0 Å². The summed E-state index contributed by atoms with van der Waals surface area (Å²) in [5.41, 5.74) is 3.28. The number of aryl methyl sites for hydroxylation is 2. The van der Waals surface area contributed by atoms with Gasteiger partial charge in [0.05, 0.1) is 16.9 Å². The number of nitrogens with zero attached hydrogens (tertiary/aromatic N) is 2. The van der Waals surface area contributed by atoms with Crippen LogP contribution in [0.15, 0.2) is 18.2 Å². The molecule has 2 aromatic rings. The molecule has 0 amide bonds. The predicted octanol–water partition coefficient (Wildman–Crippen LogP) is 3.56. The number of halogens is 1. The van der Waals surface area contributed by atoms with Crippen molar-refractivity contribution in [2.75, 3.05) is 0 Å². The summed E-state index contributed by atoms with van der Waals surface area (Å²) in [6.45, 7) is 10.7. The van der Waals surface area contributed by atoms with E-state index in [2.05, 4.69) is 4.57 Å². The van der Waals surface area contributed by atoms with Gasteiger partial charge in [0.25, 0.3) is 0 Å². The molecule has 0 saturated carbocycles. The van der Waals surface area contributed by atoms with E-state index in [1.54, 1.807) is 6.07 Å². The zero-order chi connectivity index (χ0) is 19.4. The Morgan fingerprint density at radius 3 is 2.44 bits per heavy atom. The molecule has 0 radical (unpaired) electrons. The molecule has 6 heteroatoms. The lowest BCUT2D eigenvalue weighted by molar-refractivity contribution is 0.00578. The highest BCUT2D eigenvalue weighted by Crippen LogP contribution is 2.36. The van der Waals surface area contributed by atoms with Crippen LogP contribution in [0, 0.1) is 12.7 Å². The van der Waals surface area contributed by atoms with Gasteiger partial charge >= 0.3 is 7.12 Å². The van der Waals surface area contributed by atoms with Crippen LogP contribution in [0.5, 0.6) is 0 Å². The maximum Gasteiger partial charge on any atom is 0.494 e. The summed E-state index contributed by atoms with van der Waals surface area (Å²) in [6, 6.07) is 5.12. The lowest BCUT2D eigenvalue weighted by atomic mass is 9.78. The van der Waals surface area contributed by atoms with Gasteiger partial charge in [-0.1, -0.05) is 6.07 Å². The third-order valence-electron chi connectivity index (χ3n) is 6.27. The van der Waals surface area contributed by atoms with Crippen LogP contribution in [0.3, 0.4) is 0 Å². The summed E-state index contributed by atoms with van der Waals surface area (Å²) in [6.07, 6.45) is 4.50. The average molecular weight is 370 g/mol. The molecule has 0 N–H and O–H groups in total. The molecule has 144 valence electrons. The summed E-state index contributed by atoms with van der Waals surface area (Å²) in [7, 11) is -0.553. The van der Waals surface area contributed by atoms with E-state index in [1.807, 2.05) is 40.7 Å². The zero-order valence-corrected chi connectivity index (χ0v) is 16.9. The fourth-order valence-electron chi connectivity index (χ4n) is 4.01. The highest BCUT2D eigenvalue weighted by atomic mass is 19.1. The van der Waals surface area contributed by atoms with Crippen molar-refractivity contribution in [2.24, 2.45) is 0 Å². The third-order valence-corrected chi connectivity index (χ3v) is 6.27. The Kier molecular flexibility index (Phi) is 4.47. The average Bonchev–Trinajstić information content (AvgIpc) is 3.00. The molecule has 4 rings (SSSR count). The minimum atomic E-state index is -0.553. The highest BCUT2D eigenvalue weighted by Gasteiger charge is 2.51. The molecular formula is C21H28BFN2O2. The number of hydrogen-bond donors (Lipinski definition) is 0. The van der Waals surface area contributed by atoms with Gasteiger partial charge in [-0.25, -0.2) is 9.37 Å². The van der Waals surface area contributed by atoms with E-state index in [1.165, 1.54) is 30.3 Å². The number of hydrogen-bond acceptors (Lipinski definition) is 3. The normalized spacial score (nSPS) is 20.7. The number of aromatic nitrogens is 2. The Bertz CT molecular complexity index is 859. The van der Waals surface area contributed by atoms with Gasteiger partial charge in [0.1, 0.15) is 11.6 Å². The van der Waals surface area contributed by atoms with Crippen LogP contribution in [0.1, 0.15) is 63.3 Å². The Balaban J connectivity index is 1.64. The van der Waals surface area contributed by atoms with Gasteiger partial charge in [-0.3, -0.25) is 0 Å². The molecule has 0 spiro atoms. The van der Waals surface area contributed by atoms with Crippen LogP contribution in [-0.2, 0) is 28.7 Å². The van der Waals surface area contributed by atoms with Crippen molar-refractivity contribution in [2.45, 2.75) is 78.0 Å². The first-order valence-electron chi connectivity index (χ1n) is 9.86. The number of fused-ring (bicyclic) bond motifs is 1. The SMILES string of the molecule is Cc1nc2c(n1Cc1cc(F)cc(B3OC(C)(C)C(C)(C)O3)c1)CCCC2. The summed E-state index contributed by atoms with van der Waals surface area (Å²) < 4.78 is 28.8. The lowest BCUT2D eigenvalue weighted by Crippen LogP contribution is -2.41. The standard InChI is InChI=1S/C21H28BFN2O2/c1-14-24-18-8-6-7-9-19(18)25(14)13-15-10-16(12-17(23)11-15)22-26-20(2,3)21(4,5)27-22/h10-12H,6-9,13H2,1-5H3. The second-order valence-corrected chi connectivity index (χ2v) is 8.83. The second-order valence-electron chi connectivity index (χ2n) is 8.83. The molecular weight excluding hydrogens is 342 g/mol. The van der Waals surface area contributed by atoms with Gasteiger partial charge in [-0.15, -0.1) is 0 Å². The van der Waals surface area contributed by atoms with Crippen LogP contribution < -0.4 is 5.46 Å². The number of benzene rings is 1. The monoisotopic (exact) mass is 370 g/mol. The fraction of sp³-hybridized carbons (Fsp3) is 0.571. The van der Waals surface area contributed by atoms with Gasteiger partial charge in [0.2, 0.25) is 0 Å². The van der Waals surface area contributed by atoms with Crippen LogP contribution in [0.25, 0.3) is 0 Å². The summed E-state index contributed by atoms with van der Waals surface area (Å²) in [4.78, 5) is 4.73. The topological polar surface area (TPSA) is 36.3 Å². The molecule has 0 unspecified atom stereocenters. The molecule has 1 aromatic heterocycles. The smallest absolute Gasteiger partial charge is 0.399 e. The lowest BCUT2D eigenvalue weighted by Gasteiger charge is -2.32. The molecule has 1 fully saturated rings. The first-order valence-corrected chi connectivity index (χ1v) is 9.86. The molecule has 0 bridgehead atoms. The van der Waals surface area contributed by atoms with Crippen LogP contribution in [-0.4, -0.2) is 27.9 Å². The maximum absolute atomic E-state index is 14.4. The van der Waals surface area contributed by atoms with Crippen LogP contribution in [0.4, 0.5) is 4.39 Å². The summed E-state index contributed by atoms with van der Waals surface area (Å²) in [5.74, 6) is 0.743. The molecule has 1 aromatic carbocycles. The Morgan fingerprint density at radius 2 is 1.74 bits per heavy atom. The van der Waals surface area contributed by atoms with E-state index < -0.39 is 18.3 Å². The minimum absolute atomic E-state index is 0.260. The van der Waals surface area contributed by atoms with Gasteiger partial charge in [-0.2, -0.15) is 0 Å². The van der Waals surface area contributed by atoms with Gasteiger partial charge in [0, 0.05) is 12.2 Å². The maximum atomic E-state index is 14.4. The van der Waals surface area contributed by atoms with E-state index in [-0.39, 0.29) is 5.82 Å². The van der Waals surface area contributed by atoms with Crippen molar-refractivity contribution in [3.63, 3.8) is 0 Å². The Hall–Kier alpha value is -1.66. The third kappa shape index (κ3) is 3.34. The Labute approximate surface area is 161 Å². The predicted molar refractivity (Wildman–Crippen MR) is 105 cm³/mol. The molecule has 2 heterocycles. The quantitative estimate of drug-likeness (QED) is 0.776. The number of rotatable bonds is 3. The molecule has 4 nitrogen and oxygen atoms in total. The minimum Gasteiger partial charge on any atom is -0.399 e. The van der Waals surface area contributed by atoms with Crippen molar-refractivity contribution < 1.29 is 13.7 Å². The highest BCUT2D eigenvalue weighted by molar-refractivity contribution is 6.62. The first-order chi connectivity index (χ1) is 12.7. The molecule has 0 atom stereocenters.